The number of nitrogens with one attached hydrogen (secondary N) is 1. The number of nitriles is 1. The molecule has 3 amide bonds. The van der Waals surface area contributed by atoms with Crippen LogP contribution < -0.4 is 5.32 Å². The third kappa shape index (κ3) is 4.92. The van der Waals surface area contributed by atoms with Crippen LogP contribution >= 0.6 is 0 Å². The van der Waals surface area contributed by atoms with E-state index in [4.69, 9.17) is 0 Å². The zero-order valence-electron chi connectivity index (χ0n) is 22.7. The summed E-state index contributed by atoms with van der Waals surface area (Å²) in [4.78, 5) is 46.4. The van der Waals surface area contributed by atoms with Crippen LogP contribution in [0.2, 0.25) is 0 Å². The Labute approximate surface area is 225 Å². The van der Waals surface area contributed by atoms with Crippen molar-refractivity contribution in [3.8, 4) is 6.07 Å². The van der Waals surface area contributed by atoms with E-state index in [1.165, 1.54) is 23.0 Å². The number of nitrogens with zero attached hydrogens (tertiary/aromatic N) is 4. The quantitative estimate of drug-likeness (QED) is 0.617. The van der Waals surface area contributed by atoms with Gasteiger partial charge in [0.05, 0.1) is 6.07 Å². The molecule has 1 saturated heterocycles. The number of carbonyl (C=O) groups excluding carboxylic acids is 3. The van der Waals surface area contributed by atoms with Gasteiger partial charge in [-0.25, -0.2) is 0 Å². The summed E-state index contributed by atoms with van der Waals surface area (Å²) in [6.07, 6.45) is -1.98. The molecule has 2 aliphatic rings. The monoisotopic (exact) mass is 543 g/mol. The molecule has 0 radical (unpaired) electrons. The Bertz CT molecular complexity index is 1360. The Balaban J connectivity index is 1.68. The van der Waals surface area contributed by atoms with E-state index in [2.05, 4.69) is 11.1 Å². The van der Waals surface area contributed by atoms with E-state index >= 15 is 0 Å². The van der Waals surface area contributed by atoms with Gasteiger partial charge in [-0.15, -0.1) is 0 Å². The summed E-state index contributed by atoms with van der Waals surface area (Å²) >= 11 is 0. The number of piperidine rings is 1. The molecule has 5 unspecified atom stereocenters. The van der Waals surface area contributed by atoms with Crippen LogP contribution in [-0.4, -0.2) is 64.4 Å². The van der Waals surface area contributed by atoms with Crippen LogP contribution in [-0.2, 0) is 14.4 Å². The van der Waals surface area contributed by atoms with Crippen LogP contribution in [0.3, 0.4) is 0 Å². The number of pyridine rings is 1. The first-order valence-corrected chi connectivity index (χ1v) is 12.7. The molecule has 2 aromatic rings. The molecule has 1 aliphatic heterocycles. The van der Waals surface area contributed by atoms with Crippen LogP contribution in [0.15, 0.2) is 36.7 Å². The molecular weight excluding hydrogens is 511 g/mol. The fraction of sp³-hybridized carbons (Fsp3) is 0.536. The lowest BCUT2D eigenvalue weighted by Crippen LogP contribution is -2.60. The van der Waals surface area contributed by atoms with E-state index in [0.717, 1.165) is 10.8 Å². The van der Waals surface area contributed by atoms with Gasteiger partial charge in [0.25, 0.3) is 0 Å². The molecule has 0 spiro atoms. The number of alkyl halides is 3. The van der Waals surface area contributed by atoms with Crippen molar-refractivity contribution in [3.05, 3.63) is 42.2 Å². The molecule has 4 rings (SSSR count). The molecular formula is C28H32F3N5O3. The molecule has 1 aromatic carbocycles. The van der Waals surface area contributed by atoms with Crippen molar-refractivity contribution in [2.75, 3.05) is 13.6 Å². The average Bonchev–Trinajstić information content (AvgIpc) is 3.18. The average molecular weight is 544 g/mol. The lowest BCUT2D eigenvalue weighted by molar-refractivity contribution is -0.176. The van der Waals surface area contributed by atoms with Gasteiger partial charge < -0.3 is 15.1 Å². The maximum absolute atomic E-state index is 14.0. The Hall–Kier alpha value is -3.68. The number of rotatable bonds is 5. The summed E-state index contributed by atoms with van der Waals surface area (Å²) in [5.74, 6) is -3.73. The smallest absolute Gasteiger partial charge is 0.336 e. The number of halogens is 3. The molecule has 2 fully saturated rings. The molecule has 8 nitrogen and oxygen atoms in total. The van der Waals surface area contributed by atoms with Gasteiger partial charge in [-0.2, -0.15) is 18.4 Å². The highest BCUT2D eigenvalue weighted by Crippen LogP contribution is 2.65. The predicted octanol–water partition coefficient (Wildman–Crippen LogP) is 3.83. The third-order valence-electron chi connectivity index (χ3n) is 8.24. The topological polar surface area (TPSA) is 106 Å². The van der Waals surface area contributed by atoms with Gasteiger partial charge >= 0.3 is 12.1 Å². The molecule has 2 heterocycles. The molecule has 5 atom stereocenters. The molecule has 1 aliphatic carbocycles. The Morgan fingerprint density at radius 3 is 2.41 bits per heavy atom. The fourth-order valence-electron chi connectivity index (χ4n) is 5.88. The number of hydrogen-bond donors (Lipinski definition) is 1. The van der Waals surface area contributed by atoms with Crippen molar-refractivity contribution in [1.82, 2.24) is 20.1 Å². The minimum atomic E-state index is -5.17. The Kier molecular flexibility index (Phi) is 6.90. The van der Waals surface area contributed by atoms with E-state index < -0.39 is 47.4 Å². The van der Waals surface area contributed by atoms with E-state index in [1.807, 2.05) is 43.4 Å². The van der Waals surface area contributed by atoms with Gasteiger partial charge in [-0.1, -0.05) is 58.9 Å². The number of carbonyl (C=O) groups is 3. The largest absolute Gasteiger partial charge is 0.471 e. The summed E-state index contributed by atoms with van der Waals surface area (Å²) in [6.45, 7) is 8.78. The number of likely N-dealkylation sites (N-methyl/N-ethyl adjacent to an activating group) is 1. The van der Waals surface area contributed by atoms with E-state index in [-0.39, 0.29) is 23.8 Å². The van der Waals surface area contributed by atoms with Crippen molar-refractivity contribution >= 4 is 28.5 Å². The molecule has 0 bridgehead atoms. The Morgan fingerprint density at radius 1 is 1.18 bits per heavy atom. The SMILES string of the molecule is CN(C(=O)C1C2C(CN1C(=O)C(NC(=O)C(F)(F)F)C(C)(C)C)C2(C)C)C(C#N)c1cncc2ccccc12. The first-order valence-electron chi connectivity index (χ1n) is 12.7. The minimum absolute atomic E-state index is 0.0394. The second kappa shape index (κ2) is 9.50. The van der Waals surface area contributed by atoms with Gasteiger partial charge in [0, 0.05) is 36.9 Å². The first kappa shape index (κ1) is 28.3. The summed E-state index contributed by atoms with van der Waals surface area (Å²) < 4.78 is 39.3. The standard InChI is InChI=1S/C28H32F3N5O3/c1-26(2,3)22(34-25(39)28(29,30)31)24(38)36-14-18-20(27(18,4)5)21(36)23(37)35(6)19(11-32)17-13-33-12-15-9-7-8-10-16(15)17/h7-10,12-13,18-22H,14H2,1-6H3,(H,34,39). The first-order chi connectivity index (χ1) is 18.0. The van der Waals surface area contributed by atoms with E-state index in [9.17, 15) is 32.8 Å². The highest BCUT2D eigenvalue weighted by atomic mass is 19.4. The van der Waals surface area contributed by atoms with Crippen molar-refractivity contribution in [2.45, 2.75) is 58.9 Å². The van der Waals surface area contributed by atoms with Gasteiger partial charge in [-0.3, -0.25) is 19.4 Å². The summed E-state index contributed by atoms with van der Waals surface area (Å²) in [7, 11) is 1.48. The molecule has 1 aromatic heterocycles. The number of amides is 3. The fourth-order valence-corrected chi connectivity index (χ4v) is 5.88. The highest BCUT2D eigenvalue weighted by molar-refractivity contribution is 5.95. The van der Waals surface area contributed by atoms with Crippen molar-refractivity contribution in [3.63, 3.8) is 0 Å². The summed E-state index contributed by atoms with van der Waals surface area (Å²) in [5.41, 5.74) is -0.809. The lowest BCUT2D eigenvalue weighted by atomic mass is 9.85. The van der Waals surface area contributed by atoms with Gasteiger partial charge in [0.15, 0.2) is 0 Å². The summed E-state index contributed by atoms with van der Waals surface area (Å²) in [6, 6.07) is 5.99. The zero-order chi connectivity index (χ0) is 29.1. The van der Waals surface area contributed by atoms with Crippen molar-refractivity contribution in [2.24, 2.45) is 22.7 Å². The zero-order valence-corrected chi connectivity index (χ0v) is 22.7. The number of fused-ring (bicyclic) bond motifs is 2. The molecule has 39 heavy (non-hydrogen) atoms. The maximum atomic E-state index is 14.0. The van der Waals surface area contributed by atoms with E-state index in [1.54, 1.807) is 27.0 Å². The summed E-state index contributed by atoms with van der Waals surface area (Å²) in [5, 5.41) is 13.5. The second-order valence-corrected chi connectivity index (χ2v) is 12.1. The number of hydrogen-bond acceptors (Lipinski definition) is 5. The van der Waals surface area contributed by atoms with Gasteiger partial charge in [0.1, 0.15) is 18.1 Å². The normalized spacial score (nSPS) is 23.4. The number of likely N-dealkylation sites (tertiary alicyclic amines) is 1. The molecule has 11 heteroatoms. The van der Waals surface area contributed by atoms with E-state index in [0.29, 0.717) is 5.56 Å². The highest BCUT2D eigenvalue weighted by Gasteiger charge is 2.70. The van der Waals surface area contributed by atoms with Crippen LogP contribution in [0.5, 0.6) is 0 Å². The van der Waals surface area contributed by atoms with Gasteiger partial charge in [0.2, 0.25) is 11.8 Å². The second-order valence-electron chi connectivity index (χ2n) is 12.1. The number of benzene rings is 1. The number of aromatic nitrogens is 1. The van der Waals surface area contributed by atoms with Crippen LogP contribution in [0.1, 0.15) is 46.2 Å². The van der Waals surface area contributed by atoms with Crippen molar-refractivity contribution < 1.29 is 27.6 Å². The Morgan fingerprint density at radius 2 is 1.82 bits per heavy atom. The molecule has 1 saturated carbocycles. The van der Waals surface area contributed by atoms with Crippen LogP contribution in [0.4, 0.5) is 13.2 Å². The van der Waals surface area contributed by atoms with Crippen molar-refractivity contribution in [1.29, 1.82) is 5.26 Å². The minimum Gasteiger partial charge on any atom is -0.336 e. The molecule has 208 valence electrons. The van der Waals surface area contributed by atoms with Crippen LogP contribution in [0.25, 0.3) is 10.8 Å². The lowest BCUT2D eigenvalue weighted by Gasteiger charge is -2.39. The molecule has 1 N–H and O–H groups in total. The third-order valence-corrected chi connectivity index (χ3v) is 8.24. The van der Waals surface area contributed by atoms with Crippen LogP contribution in [0, 0.1) is 34.0 Å². The predicted molar refractivity (Wildman–Crippen MR) is 137 cm³/mol. The van der Waals surface area contributed by atoms with Gasteiger partial charge in [-0.05, 0) is 28.1 Å². The maximum Gasteiger partial charge on any atom is 0.471 e.